The van der Waals surface area contributed by atoms with E-state index in [9.17, 15) is 19.5 Å². The van der Waals surface area contributed by atoms with E-state index in [2.05, 4.69) is 41.6 Å². The fraction of sp³-hybridized carbons (Fsp3) is 0.721. The molecule has 1 aromatic heterocycles. The van der Waals surface area contributed by atoms with Gasteiger partial charge in [0.25, 0.3) is 0 Å². The first kappa shape index (κ1) is 48.4. The van der Waals surface area contributed by atoms with Crippen molar-refractivity contribution in [1.82, 2.24) is 30.3 Å². The largest absolute Gasteiger partial charge is 0.379 e. The second kappa shape index (κ2) is 23.6. The molecule has 13 nitrogen and oxygen atoms in total. The van der Waals surface area contributed by atoms with Crippen LogP contribution in [0, 0.1) is 23.7 Å². The summed E-state index contributed by atoms with van der Waals surface area (Å²) in [7, 11) is 6.86. The highest BCUT2D eigenvalue weighted by molar-refractivity contribution is 7.09. The van der Waals surface area contributed by atoms with Crippen molar-refractivity contribution in [3.05, 3.63) is 52.5 Å². The predicted octanol–water partition coefficient (Wildman–Crippen LogP) is 4.31. The van der Waals surface area contributed by atoms with Gasteiger partial charge in [-0.3, -0.25) is 24.6 Å². The monoisotopic (exact) mass is 816 g/mol. The summed E-state index contributed by atoms with van der Waals surface area (Å²) in [5, 5.41) is 21.0. The van der Waals surface area contributed by atoms with Gasteiger partial charge < -0.3 is 35.4 Å². The van der Waals surface area contributed by atoms with E-state index in [4.69, 9.17) is 15.2 Å². The minimum absolute atomic E-state index is 0.00801. The molecule has 1 saturated heterocycles. The summed E-state index contributed by atoms with van der Waals surface area (Å²) in [6, 6.07) is 8.01. The third kappa shape index (κ3) is 13.0. The van der Waals surface area contributed by atoms with E-state index in [1.165, 1.54) is 0 Å². The number of likely N-dealkylation sites (tertiary alicyclic amines) is 1. The Morgan fingerprint density at radius 3 is 2.28 bits per heavy atom. The highest BCUT2D eigenvalue weighted by Crippen LogP contribution is 2.31. The smallest absolute Gasteiger partial charge is 0.245 e. The highest BCUT2D eigenvalue weighted by atomic mass is 32.1. The molecule has 1 aromatic carbocycles. The number of thiazole rings is 1. The third-order valence-electron chi connectivity index (χ3n) is 11.9. The van der Waals surface area contributed by atoms with Crippen molar-refractivity contribution in [3.63, 3.8) is 0 Å². The standard InChI is InChI=1S/C43H73N7O6S/c1-12-29(6)38(49(9)43(54)36(27(2)3)47-41(53)37(28(4)5)48(8)23-20-44)34(55-10)26-35(51)50-22-16-19-33(50)39(56-11)30(7)40(52)46-32(42-45-21-24-57-42)25-31-17-14-13-15-18-31/h13-15,17-18,21,24,27-30,32-34,36-40,46,52H,12,16,19-20,22-23,25-26,44H2,1-11H3,(H,47,53)/t29-,30+,32-,33-,34+,36-,37-,38-,39+,40?/m0/s1. The zero-order valence-electron chi connectivity index (χ0n) is 36.4. The van der Waals surface area contributed by atoms with Crippen LogP contribution in [0.2, 0.25) is 0 Å². The SMILES string of the molecule is CC[C@H](C)[C@@H]([C@@H](CC(=O)N1CCC[C@H]1[C@H](OC)[C@@H](C)C(O)N[C@@H](Cc1ccccc1)c1nccs1)OC)N(C)C(=O)[C@@H](NC(=O)[C@H](C(C)C)N(C)CCN)C(C)C. The minimum atomic E-state index is -0.933. The molecule has 5 N–H and O–H groups in total. The van der Waals surface area contributed by atoms with Crippen molar-refractivity contribution in [2.24, 2.45) is 29.4 Å². The molecular formula is C43H73N7O6S. The Morgan fingerprint density at radius 2 is 1.74 bits per heavy atom. The Labute approximate surface area is 346 Å². The van der Waals surface area contributed by atoms with Gasteiger partial charge in [0.1, 0.15) is 17.3 Å². The van der Waals surface area contributed by atoms with Crippen molar-refractivity contribution in [2.45, 2.75) is 129 Å². The topological polar surface area (TPSA) is 163 Å². The zero-order chi connectivity index (χ0) is 42.4. The number of aliphatic hydroxyl groups is 1. The predicted molar refractivity (Wildman–Crippen MR) is 227 cm³/mol. The highest BCUT2D eigenvalue weighted by Gasteiger charge is 2.43. The van der Waals surface area contributed by atoms with E-state index in [-0.39, 0.29) is 59.9 Å². The maximum absolute atomic E-state index is 14.4. The quantitative estimate of drug-likeness (QED) is 0.112. The lowest BCUT2D eigenvalue weighted by atomic mass is 9.89. The Balaban J connectivity index is 1.79. The lowest BCUT2D eigenvalue weighted by Gasteiger charge is -2.41. The first-order chi connectivity index (χ1) is 27.1. The number of rotatable bonds is 24. The normalized spacial score (nSPS) is 19.5. The number of likely N-dealkylation sites (N-methyl/N-ethyl adjacent to an activating group) is 2. The van der Waals surface area contributed by atoms with Gasteiger partial charge in [-0.15, -0.1) is 11.3 Å². The molecule has 3 amide bonds. The molecule has 2 heterocycles. The molecule has 0 bridgehead atoms. The van der Waals surface area contributed by atoms with Crippen molar-refractivity contribution in [1.29, 1.82) is 0 Å². The maximum atomic E-state index is 14.4. The van der Waals surface area contributed by atoms with Gasteiger partial charge in [-0.1, -0.05) is 85.2 Å². The van der Waals surface area contributed by atoms with Gasteiger partial charge in [0.15, 0.2) is 0 Å². The van der Waals surface area contributed by atoms with Gasteiger partial charge in [0.05, 0.1) is 42.8 Å². The zero-order valence-corrected chi connectivity index (χ0v) is 37.2. The number of aliphatic hydroxyl groups excluding tert-OH is 1. The number of hydrogen-bond acceptors (Lipinski definition) is 11. The molecule has 1 fully saturated rings. The fourth-order valence-electron chi connectivity index (χ4n) is 8.52. The summed E-state index contributed by atoms with van der Waals surface area (Å²) >= 11 is 1.55. The number of amides is 3. The molecule has 322 valence electrons. The molecular weight excluding hydrogens is 743 g/mol. The van der Waals surface area contributed by atoms with E-state index >= 15 is 0 Å². The average molecular weight is 816 g/mol. The van der Waals surface area contributed by atoms with Crippen molar-refractivity contribution in [2.75, 3.05) is 47.9 Å². The lowest BCUT2D eigenvalue weighted by molar-refractivity contribution is -0.148. The first-order valence-electron chi connectivity index (χ1n) is 20.8. The number of carbonyl (C=O) groups is 3. The van der Waals surface area contributed by atoms with Crippen LogP contribution in [0.1, 0.15) is 90.8 Å². The second-order valence-corrected chi connectivity index (χ2v) is 17.5. The molecule has 0 saturated carbocycles. The minimum Gasteiger partial charge on any atom is -0.379 e. The van der Waals surface area contributed by atoms with Gasteiger partial charge in [-0.2, -0.15) is 0 Å². The Morgan fingerprint density at radius 1 is 1.05 bits per heavy atom. The van der Waals surface area contributed by atoms with Crippen LogP contribution in [0.25, 0.3) is 0 Å². The van der Waals surface area contributed by atoms with Gasteiger partial charge in [0.2, 0.25) is 17.7 Å². The number of ether oxygens (including phenoxy) is 2. The number of benzene rings is 1. The Bertz CT molecular complexity index is 1480. The first-order valence-corrected chi connectivity index (χ1v) is 21.7. The summed E-state index contributed by atoms with van der Waals surface area (Å²) in [5.74, 6) is -1.07. The van der Waals surface area contributed by atoms with Crippen LogP contribution in [0.5, 0.6) is 0 Å². The van der Waals surface area contributed by atoms with Crippen LogP contribution < -0.4 is 16.4 Å². The molecule has 3 rings (SSSR count). The van der Waals surface area contributed by atoms with Crippen LogP contribution in [0.15, 0.2) is 41.9 Å². The number of aromatic nitrogens is 1. The molecule has 14 heteroatoms. The molecule has 1 aliphatic heterocycles. The average Bonchev–Trinajstić information content (AvgIpc) is 3.90. The summed E-state index contributed by atoms with van der Waals surface area (Å²) in [6.07, 6.45) is 2.80. The van der Waals surface area contributed by atoms with Gasteiger partial charge in [-0.05, 0) is 49.6 Å². The second-order valence-electron chi connectivity index (χ2n) is 16.6. The summed E-state index contributed by atoms with van der Waals surface area (Å²) in [6.45, 7) is 15.4. The van der Waals surface area contributed by atoms with Crippen LogP contribution in [0.3, 0.4) is 0 Å². The molecule has 0 radical (unpaired) electrons. The summed E-state index contributed by atoms with van der Waals surface area (Å²) in [4.78, 5) is 52.5. The lowest BCUT2D eigenvalue weighted by Crippen LogP contribution is -2.60. The van der Waals surface area contributed by atoms with Crippen molar-refractivity contribution in [3.8, 4) is 0 Å². The third-order valence-corrected chi connectivity index (χ3v) is 12.7. The number of nitrogens with zero attached hydrogens (tertiary/aromatic N) is 4. The number of methoxy groups -OCH3 is 2. The number of hydrogen-bond donors (Lipinski definition) is 4. The molecule has 1 aliphatic rings. The van der Waals surface area contributed by atoms with E-state index in [1.807, 2.05) is 75.0 Å². The Hall–Kier alpha value is -2.98. The summed E-state index contributed by atoms with van der Waals surface area (Å²) in [5.41, 5.74) is 6.94. The van der Waals surface area contributed by atoms with Crippen molar-refractivity contribution < 1.29 is 29.0 Å². The molecule has 0 spiro atoms. The Kier molecular flexibility index (Phi) is 20.0. The van der Waals surface area contributed by atoms with Gasteiger partial charge in [0, 0.05) is 58.4 Å². The number of carbonyl (C=O) groups excluding carboxylic acids is 3. The van der Waals surface area contributed by atoms with Crippen molar-refractivity contribution >= 4 is 29.1 Å². The molecule has 0 aliphatic carbocycles. The van der Waals surface area contributed by atoms with Gasteiger partial charge in [-0.25, -0.2) is 4.98 Å². The molecule has 10 atom stereocenters. The molecule has 1 unspecified atom stereocenters. The summed E-state index contributed by atoms with van der Waals surface area (Å²) < 4.78 is 12.2. The van der Waals surface area contributed by atoms with E-state index < -0.39 is 36.6 Å². The van der Waals surface area contributed by atoms with Crippen LogP contribution in [-0.4, -0.2) is 133 Å². The molecule has 57 heavy (non-hydrogen) atoms. The van der Waals surface area contributed by atoms with Crippen LogP contribution >= 0.6 is 11.3 Å². The van der Waals surface area contributed by atoms with Crippen LogP contribution in [-0.2, 0) is 30.3 Å². The van der Waals surface area contributed by atoms with Crippen LogP contribution in [0.4, 0.5) is 0 Å². The van der Waals surface area contributed by atoms with E-state index in [1.54, 1.807) is 43.7 Å². The number of nitrogens with one attached hydrogen (secondary N) is 2. The van der Waals surface area contributed by atoms with E-state index in [0.29, 0.717) is 26.1 Å². The van der Waals surface area contributed by atoms with Gasteiger partial charge >= 0.3 is 0 Å². The fourth-order valence-corrected chi connectivity index (χ4v) is 9.22. The van der Waals surface area contributed by atoms with E-state index in [0.717, 1.165) is 29.8 Å². The maximum Gasteiger partial charge on any atom is 0.245 e. The molecule has 2 aromatic rings. The number of nitrogens with two attached hydrogens (primary N) is 1.